The Morgan fingerprint density at radius 1 is 0.697 bits per heavy atom. The lowest BCUT2D eigenvalue weighted by molar-refractivity contribution is -0.137. The van der Waals surface area contributed by atoms with E-state index >= 15 is 0 Å². The lowest BCUT2D eigenvalue weighted by Gasteiger charge is -2.12. The minimum absolute atomic E-state index is 0.0677. The van der Waals surface area contributed by atoms with Crippen molar-refractivity contribution < 1.29 is 24.6 Å². The zero-order valence-electron chi connectivity index (χ0n) is 19.5. The fourth-order valence-corrected chi connectivity index (χ4v) is 3.71. The third-order valence-corrected chi connectivity index (χ3v) is 5.52. The van der Waals surface area contributed by atoms with E-state index < -0.39 is 11.9 Å². The van der Waals surface area contributed by atoms with Crippen LogP contribution in [0.4, 0.5) is 0 Å². The number of ketones is 1. The SMILES string of the molecule is Cc1c(CC(=O)O)cccc1C(=O)c1ccccc1.Cc1c(CC(=O)O)cccc1C(C)C. The maximum Gasteiger partial charge on any atom is 0.307 e. The molecule has 172 valence electrons. The van der Waals surface area contributed by atoms with E-state index in [9.17, 15) is 14.4 Å². The molecule has 5 heteroatoms. The van der Waals surface area contributed by atoms with Crippen LogP contribution in [0.1, 0.15) is 63.5 Å². The second-order valence-electron chi connectivity index (χ2n) is 8.21. The molecule has 0 heterocycles. The molecule has 0 unspecified atom stereocenters. The predicted molar refractivity (Wildman–Crippen MR) is 129 cm³/mol. The van der Waals surface area contributed by atoms with E-state index in [0.717, 1.165) is 16.7 Å². The summed E-state index contributed by atoms with van der Waals surface area (Å²) in [5, 5.41) is 17.6. The molecule has 0 fully saturated rings. The first-order valence-electron chi connectivity index (χ1n) is 10.8. The van der Waals surface area contributed by atoms with E-state index in [1.54, 1.807) is 37.3 Å². The molecule has 0 spiro atoms. The second-order valence-corrected chi connectivity index (χ2v) is 8.21. The highest BCUT2D eigenvalue weighted by Gasteiger charge is 2.14. The molecule has 3 rings (SSSR count). The van der Waals surface area contributed by atoms with Gasteiger partial charge in [0.2, 0.25) is 0 Å². The van der Waals surface area contributed by atoms with Gasteiger partial charge in [-0.2, -0.15) is 0 Å². The number of rotatable bonds is 7. The molecule has 3 aromatic rings. The summed E-state index contributed by atoms with van der Waals surface area (Å²) in [6.07, 6.45) is 0.0497. The monoisotopic (exact) mass is 446 g/mol. The van der Waals surface area contributed by atoms with Gasteiger partial charge in [0.15, 0.2) is 5.78 Å². The van der Waals surface area contributed by atoms with E-state index in [-0.39, 0.29) is 18.6 Å². The first-order chi connectivity index (χ1) is 15.6. The number of carbonyl (C=O) groups is 3. The fraction of sp³-hybridized carbons (Fsp3) is 0.250. The van der Waals surface area contributed by atoms with Crippen LogP contribution in [0, 0.1) is 13.8 Å². The van der Waals surface area contributed by atoms with Crippen LogP contribution in [0.15, 0.2) is 66.7 Å². The highest BCUT2D eigenvalue weighted by Crippen LogP contribution is 2.22. The molecule has 0 aliphatic carbocycles. The lowest BCUT2D eigenvalue weighted by Crippen LogP contribution is -2.08. The molecule has 0 atom stereocenters. The number of benzene rings is 3. The largest absolute Gasteiger partial charge is 0.481 e. The Bertz CT molecular complexity index is 1130. The van der Waals surface area contributed by atoms with Crippen LogP contribution in [0.5, 0.6) is 0 Å². The quantitative estimate of drug-likeness (QED) is 0.461. The molecule has 0 aliphatic rings. The molecule has 33 heavy (non-hydrogen) atoms. The second kappa shape index (κ2) is 11.8. The molecule has 0 amide bonds. The van der Waals surface area contributed by atoms with Crippen molar-refractivity contribution in [2.45, 2.75) is 46.5 Å². The van der Waals surface area contributed by atoms with Crippen molar-refractivity contribution in [1.29, 1.82) is 0 Å². The smallest absolute Gasteiger partial charge is 0.307 e. The first kappa shape index (κ1) is 25.5. The highest BCUT2D eigenvalue weighted by atomic mass is 16.4. The van der Waals surface area contributed by atoms with Crippen molar-refractivity contribution in [3.05, 3.63) is 106 Å². The Labute approximate surface area is 194 Å². The first-order valence-corrected chi connectivity index (χ1v) is 10.8. The normalized spacial score (nSPS) is 10.3. The standard InChI is InChI=1S/C16H14O3.C12H16O2/c1-11-13(10-15(17)18)8-5-9-14(11)16(19)12-6-3-2-4-7-12;1-8(2)11-6-4-5-10(9(11)3)7-12(13)14/h2-9H,10H2,1H3,(H,17,18);4-6,8H,7H2,1-3H3,(H,13,14). The van der Waals surface area contributed by atoms with E-state index in [1.807, 2.05) is 37.3 Å². The molecule has 0 aromatic heterocycles. The van der Waals surface area contributed by atoms with Gasteiger partial charge in [-0.3, -0.25) is 14.4 Å². The summed E-state index contributed by atoms with van der Waals surface area (Å²) in [5.74, 6) is -1.30. The van der Waals surface area contributed by atoms with E-state index in [2.05, 4.69) is 19.9 Å². The van der Waals surface area contributed by atoms with Gasteiger partial charge in [-0.25, -0.2) is 0 Å². The number of carboxylic acids is 2. The van der Waals surface area contributed by atoms with Gasteiger partial charge in [0, 0.05) is 11.1 Å². The highest BCUT2D eigenvalue weighted by molar-refractivity contribution is 6.10. The van der Waals surface area contributed by atoms with Crippen molar-refractivity contribution in [3.63, 3.8) is 0 Å². The Balaban J connectivity index is 0.000000245. The summed E-state index contributed by atoms with van der Waals surface area (Å²) in [6.45, 7) is 8.02. The molecule has 0 saturated heterocycles. The summed E-state index contributed by atoms with van der Waals surface area (Å²) in [7, 11) is 0. The van der Waals surface area contributed by atoms with Crippen molar-refractivity contribution in [2.75, 3.05) is 0 Å². The molecule has 0 bridgehead atoms. The summed E-state index contributed by atoms with van der Waals surface area (Å²) in [4.78, 5) is 33.7. The minimum Gasteiger partial charge on any atom is -0.481 e. The topological polar surface area (TPSA) is 91.7 Å². The van der Waals surface area contributed by atoms with Crippen molar-refractivity contribution in [1.82, 2.24) is 0 Å². The third kappa shape index (κ3) is 7.14. The molecular formula is C28H30O5. The summed E-state index contributed by atoms with van der Waals surface area (Å²) in [6, 6.07) is 20.1. The van der Waals surface area contributed by atoms with Crippen LogP contribution in [-0.2, 0) is 22.4 Å². The van der Waals surface area contributed by atoms with Gasteiger partial charge >= 0.3 is 11.9 Å². The van der Waals surface area contributed by atoms with Crippen molar-refractivity contribution in [2.24, 2.45) is 0 Å². The zero-order valence-corrected chi connectivity index (χ0v) is 19.5. The summed E-state index contributed by atoms with van der Waals surface area (Å²) < 4.78 is 0. The predicted octanol–water partition coefficient (Wildman–Crippen LogP) is 5.60. The minimum atomic E-state index is -0.896. The van der Waals surface area contributed by atoms with Crippen LogP contribution in [0.25, 0.3) is 0 Å². The number of hydrogen-bond acceptors (Lipinski definition) is 3. The van der Waals surface area contributed by atoms with Crippen LogP contribution >= 0.6 is 0 Å². The number of hydrogen-bond donors (Lipinski definition) is 2. The maximum atomic E-state index is 12.4. The van der Waals surface area contributed by atoms with Crippen LogP contribution in [0.3, 0.4) is 0 Å². The third-order valence-electron chi connectivity index (χ3n) is 5.52. The molecule has 3 aromatic carbocycles. The fourth-order valence-electron chi connectivity index (χ4n) is 3.71. The zero-order chi connectivity index (χ0) is 24.5. The number of carboxylic acid groups (broad SMARTS) is 2. The Hall–Kier alpha value is -3.73. The Morgan fingerprint density at radius 2 is 1.21 bits per heavy atom. The lowest BCUT2D eigenvalue weighted by atomic mass is 9.93. The average Bonchev–Trinajstić information content (AvgIpc) is 2.76. The van der Waals surface area contributed by atoms with Crippen LogP contribution in [-0.4, -0.2) is 27.9 Å². The molecule has 5 nitrogen and oxygen atoms in total. The van der Waals surface area contributed by atoms with Gasteiger partial charge in [0.1, 0.15) is 0 Å². The Kier molecular flexibility index (Phi) is 9.10. The molecule has 0 saturated carbocycles. The van der Waals surface area contributed by atoms with E-state index in [1.165, 1.54) is 5.56 Å². The van der Waals surface area contributed by atoms with Gasteiger partial charge in [0.05, 0.1) is 12.8 Å². The maximum absolute atomic E-state index is 12.4. The number of aliphatic carboxylic acids is 2. The Morgan fingerprint density at radius 3 is 1.73 bits per heavy atom. The van der Waals surface area contributed by atoms with Gasteiger partial charge in [0.25, 0.3) is 0 Å². The van der Waals surface area contributed by atoms with Crippen LogP contribution < -0.4 is 0 Å². The van der Waals surface area contributed by atoms with Crippen molar-refractivity contribution >= 4 is 17.7 Å². The average molecular weight is 447 g/mol. The molecule has 0 radical (unpaired) electrons. The molecule has 2 N–H and O–H groups in total. The van der Waals surface area contributed by atoms with Crippen molar-refractivity contribution in [3.8, 4) is 0 Å². The summed E-state index contributed by atoms with van der Waals surface area (Å²) >= 11 is 0. The van der Waals surface area contributed by atoms with E-state index in [4.69, 9.17) is 10.2 Å². The summed E-state index contributed by atoms with van der Waals surface area (Å²) in [5.41, 5.74) is 5.86. The number of carbonyl (C=O) groups excluding carboxylic acids is 1. The molecular weight excluding hydrogens is 416 g/mol. The van der Waals surface area contributed by atoms with Gasteiger partial charge in [-0.1, -0.05) is 80.6 Å². The van der Waals surface area contributed by atoms with E-state index in [0.29, 0.717) is 22.6 Å². The van der Waals surface area contributed by atoms with Gasteiger partial charge in [-0.15, -0.1) is 0 Å². The van der Waals surface area contributed by atoms with Gasteiger partial charge < -0.3 is 10.2 Å². The van der Waals surface area contributed by atoms with Gasteiger partial charge in [-0.05, 0) is 47.6 Å². The van der Waals surface area contributed by atoms with Crippen LogP contribution in [0.2, 0.25) is 0 Å². The molecule has 0 aliphatic heterocycles.